The van der Waals surface area contributed by atoms with Gasteiger partial charge in [-0.25, -0.2) is 0 Å². The third kappa shape index (κ3) is 5.10. The number of nitro benzene ring substituents is 2. The van der Waals surface area contributed by atoms with E-state index in [1.807, 2.05) is 44.2 Å². The summed E-state index contributed by atoms with van der Waals surface area (Å²) in [5, 5.41) is 24.8. The Balaban J connectivity index is 2.25. The lowest BCUT2D eigenvalue weighted by Crippen LogP contribution is -2.38. The Morgan fingerprint density at radius 3 is 2.00 bits per heavy atom. The van der Waals surface area contributed by atoms with Crippen LogP contribution in [0.25, 0.3) is 0 Å². The molecular formula is C19H22N4O5. The van der Waals surface area contributed by atoms with Gasteiger partial charge in [-0.1, -0.05) is 44.2 Å². The van der Waals surface area contributed by atoms with Crippen LogP contribution in [0.2, 0.25) is 0 Å². The van der Waals surface area contributed by atoms with Gasteiger partial charge >= 0.3 is 0 Å². The molecule has 0 bridgehead atoms. The quantitative estimate of drug-likeness (QED) is 0.522. The number of carbonyl (C=O) groups is 1. The molecule has 0 saturated heterocycles. The molecule has 1 atom stereocenters. The van der Waals surface area contributed by atoms with E-state index in [9.17, 15) is 25.0 Å². The topological polar surface area (TPSA) is 119 Å². The molecule has 9 nitrogen and oxygen atoms in total. The van der Waals surface area contributed by atoms with Gasteiger partial charge < -0.3 is 5.32 Å². The normalized spacial score (nSPS) is 11.8. The number of rotatable bonds is 9. The zero-order valence-corrected chi connectivity index (χ0v) is 15.7. The smallest absolute Gasteiger partial charge is 0.277 e. The maximum Gasteiger partial charge on any atom is 0.277 e. The van der Waals surface area contributed by atoms with Gasteiger partial charge in [0, 0.05) is 18.7 Å². The van der Waals surface area contributed by atoms with Crippen LogP contribution >= 0.6 is 0 Å². The van der Waals surface area contributed by atoms with E-state index < -0.39 is 27.1 Å². The molecule has 2 aromatic rings. The van der Waals surface area contributed by atoms with Gasteiger partial charge in [0.1, 0.15) is 0 Å². The van der Waals surface area contributed by atoms with Gasteiger partial charge in [0.25, 0.3) is 17.3 Å². The molecule has 0 saturated carbocycles. The fourth-order valence-corrected chi connectivity index (χ4v) is 3.03. The summed E-state index contributed by atoms with van der Waals surface area (Å²) >= 11 is 0. The van der Waals surface area contributed by atoms with Crippen LogP contribution in [0, 0.1) is 20.2 Å². The largest absolute Gasteiger partial charge is 0.350 e. The van der Waals surface area contributed by atoms with Crippen LogP contribution in [0.1, 0.15) is 35.8 Å². The summed E-state index contributed by atoms with van der Waals surface area (Å²) < 4.78 is 0. The molecule has 0 aliphatic heterocycles. The third-order valence-electron chi connectivity index (χ3n) is 4.48. The first-order valence-electron chi connectivity index (χ1n) is 8.88. The minimum absolute atomic E-state index is 0.0890. The Kier molecular flexibility index (Phi) is 7.16. The number of nitro groups is 2. The summed E-state index contributed by atoms with van der Waals surface area (Å²) in [6.07, 6.45) is 0. The molecule has 2 rings (SSSR count). The van der Waals surface area contributed by atoms with E-state index in [2.05, 4.69) is 10.2 Å². The van der Waals surface area contributed by atoms with Crippen LogP contribution in [0.5, 0.6) is 0 Å². The molecule has 2 aromatic carbocycles. The highest BCUT2D eigenvalue weighted by atomic mass is 16.6. The van der Waals surface area contributed by atoms with Crippen molar-refractivity contribution in [2.24, 2.45) is 0 Å². The number of carbonyl (C=O) groups excluding carboxylic acids is 1. The van der Waals surface area contributed by atoms with Crippen molar-refractivity contribution in [2.75, 3.05) is 19.6 Å². The van der Waals surface area contributed by atoms with E-state index in [4.69, 9.17) is 0 Å². The maximum atomic E-state index is 12.6. The molecule has 0 spiro atoms. The summed E-state index contributed by atoms with van der Waals surface area (Å²) in [5.74, 6) is -0.597. The van der Waals surface area contributed by atoms with E-state index in [1.165, 1.54) is 0 Å². The van der Waals surface area contributed by atoms with Crippen LogP contribution in [-0.4, -0.2) is 40.3 Å². The summed E-state index contributed by atoms with van der Waals surface area (Å²) in [4.78, 5) is 35.2. The predicted octanol–water partition coefficient (Wildman–Crippen LogP) is 3.32. The minimum atomic E-state index is -0.757. The molecule has 1 amide bonds. The van der Waals surface area contributed by atoms with Crippen molar-refractivity contribution >= 4 is 17.3 Å². The number of hydrogen-bond donors (Lipinski definition) is 1. The van der Waals surface area contributed by atoms with Gasteiger partial charge in [0.15, 0.2) is 0 Å². The Morgan fingerprint density at radius 1 is 1.00 bits per heavy atom. The van der Waals surface area contributed by atoms with Crippen LogP contribution < -0.4 is 5.32 Å². The van der Waals surface area contributed by atoms with Gasteiger partial charge in [-0.2, -0.15) is 0 Å². The van der Waals surface area contributed by atoms with Gasteiger partial charge in [0.2, 0.25) is 0 Å². The Bertz CT molecular complexity index is 820. The molecular weight excluding hydrogens is 364 g/mol. The van der Waals surface area contributed by atoms with Crippen LogP contribution in [0.15, 0.2) is 48.5 Å². The van der Waals surface area contributed by atoms with Crippen molar-refractivity contribution in [3.8, 4) is 0 Å². The number of nitrogens with zero attached hydrogens (tertiary/aromatic N) is 3. The molecule has 0 aliphatic rings. The van der Waals surface area contributed by atoms with Gasteiger partial charge in [-0.15, -0.1) is 0 Å². The Hall–Kier alpha value is -3.33. The average molecular weight is 386 g/mol. The van der Waals surface area contributed by atoms with Gasteiger partial charge in [0.05, 0.1) is 27.5 Å². The lowest BCUT2D eigenvalue weighted by molar-refractivity contribution is -0.394. The van der Waals surface area contributed by atoms with E-state index in [0.717, 1.165) is 36.9 Å². The maximum absolute atomic E-state index is 12.6. The lowest BCUT2D eigenvalue weighted by atomic mass is 10.0. The zero-order valence-electron chi connectivity index (χ0n) is 15.7. The second kappa shape index (κ2) is 9.56. The third-order valence-corrected chi connectivity index (χ3v) is 4.48. The molecule has 0 heterocycles. The van der Waals surface area contributed by atoms with Gasteiger partial charge in [-0.05, 0) is 18.7 Å². The fourth-order valence-electron chi connectivity index (χ4n) is 3.03. The summed E-state index contributed by atoms with van der Waals surface area (Å²) in [6, 6.07) is 12.5. The number of hydrogen-bond acceptors (Lipinski definition) is 6. The van der Waals surface area contributed by atoms with E-state index in [0.29, 0.717) is 0 Å². The predicted molar refractivity (Wildman–Crippen MR) is 104 cm³/mol. The summed E-state index contributed by atoms with van der Waals surface area (Å²) in [7, 11) is 0. The number of non-ortho nitro benzene ring substituents is 2. The summed E-state index contributed by atoms with van der Waals surface area (Å²) in [5.41, 5.74) is -0.0887. The van der Waals surface area contributed by atoms with Crippen LogP contribution in [0.4, 0.5) is 11.4 Å². The van der Waals surface area contributed by atoms with Crippen LogP contribution in [0.3, 0.4) is 0 Å². The highest BCUT2D eigenvalue weighted by Gasteiger charge is 2.22. The van der Waals surface area contributed by atoms with Gasteiger partial charge in [-0.3, -0.25) is 29.9 Å². The van der Waals surface area contributed by atoms with Crippen molar-refractivity contribution in [2.45, 2.75) is 19.9 Å². The Morgan fingerprint density at radius 2 is 1.54 bits per heavy atom. The number of nitrogens with one attached hydrogen (secondary N) is 1. The minimum Gasteiger partial charge on any atom is -0.350 e. The van der Waals surface area contributed by atoms with Crippen molar-refractivity contribution in [1.82, 2.24) is 10.2 Å². The second-order valence-electron chi connectivity index (χ2n) is 6.11. The molecule has 9 heteroatoms. The second-order valence-corrected chi connectivity index (χ2v) is 6.11. The number of likely N-dealkylation sites (N-methyl/N-ethyl adjacent to an activating group) is 1. The first kappa shape index (κ1) is 21.0. The molecule has 1 unspecified atom stereocenters. The monoisotopic (exact) mass is 386 g/mol. The fraction of sp³-hybridized carbons (Fsp3) is 0.316. The standard InChI is InChI=1S/C19H22N4O5/c1-3-21(4-2)18(14-8-6-5-7-9-14)13-20-19(24)15-10-16(22(25)26)12-17(11-15)23(27)28/h5-12,18H,3-4,13H2,1-2H3,(H,20,24). The number of benzene rings is 2. The van der Waals surface area contributed by atoms with E-state index in [1.54, 1.807) is 0 Å². The van der Waals surface area contributed by atoms with Crippen molar-refractivity contribution < 1.29 is 14.6 Å². The van der Waals surface area contributed by atoms with Crippen molar-refractivity contribution in [3.05, 3.63) is 79.9 Å². The first-order valence-corrected chi connectivity index (χ1v) is 8.88. The highest BCUT2D eigenvalue weighted by molar-refractivity contribution is 5.95. The molecule has 0 aliphatic carbocycles. The molecule has 0 aromatic heterocycles. The Labute approximate surface area is 162 Å². The zero-order chi connectivity index (χ0) is 20.7. The van der Waals surface area contributed by atoms with E-state index >= 15 is 0 Å². The summed E-state index contributed by atoms with van der Waals surface area (Å²) in [6.45, 7) is 5.85. The van der Waals surface area contributed by atoms with Crippen molar-refractivity contribution in [1.29, 1.82) is 0 Å². The lowest BCUT2D eigenvalue weighted by Gasteiger charge is -2.30. The molecule has 1 N–H and O–H groups in total. The van der Waals surface area contributed by atoms with E-state index in [-0.39, 0.29) is 18.2 Å². The molecule has 148 valence electrons. The highest BCUT2D eigenvalue weighted by Crippen LogP contribution is 2.23. The van der Waals surface area contributed by atoms with Crippen LogP contribution in [-0.2, 0) is 0 Å². The first-order chi connectivity index (χ1) is 13.4. The van der Waals surface area contributed by atoms with Crippen molar-refractivity contribution in [3.63, 3.8) is 0 Å². The molecule has 0 fully saturated rings. The molecule has 0 radical (unpaired) electrons. The SMILES string of the molecule is CCN(CC)C(CNC(=O)c1cc([N+](=O)[O-])cc([N+](=O)[O-])c1)c1ccccc1. The molecule has 28 heavy (non-hydrogen) atoms. The average Bonchev–Trinajstić information content (AvgIpc) is 2.71. The number of amides is 1.